The van der Waals surface area contributed by atoms with Crippen molar-refractivity contribution in [1.82, 2.24) is 14.8 Å². The Kier molecular flexibility index (Phi) is 3.27. The van der Waals surface area contributed by atoms with E-state index < -0.39 is 5.97 Å². The van der Waals surface area contributed by atoms with Crippen molar-refractivity contribution in [3.63, 3.8) is 0 Å². The van der Waals surface area contributed by atoms with E-state index in [-0.39, 0.29) is 6.61 Å². The van der Waals surface area contributed by atoms with Gasteiger partial charge in [-0.05, 0) is 18.6 Å². The molecule has 1 aromatic carbocycles. The number of carbonyl (C=O) groups excluding carboxylic acids is 1. The summed E-state index contributed by atoms with van der Waals surface area (Å²) in [6.07, 6.45) is 1.41. The summed E-state index contributed by atoms with van der Waals surface area (Å²) >= 11 is 0. The largest absolute Gasteiger partial charge is 0.454 e. The van der Waals surface area contributed by atoms with E-state index in [1.807, 2.05) is 13.0 Å². The molecule has 2 rings (SSSR count). The molecule has 0 amide bonds. The molecule has 0 saturated carbocycles. The predicted octanol–water partition coefficient (Wildman–Crippen LogP) is 1.06. The van der Waals surface area contributed by atoms with E-state index in [4.69, 9.17) is 10.5 Å². The second-order valence-electron chi connectivity index (χ2n) is 3.92. The maximum absolute atomic E-state index is 11.9. The highest BCUT2D eigenvalue weighted by Gasteiger charge is 2.15. The van der Waals surface area contributed by atoms with Crippen molar-refractivity contribution in [3.8, 4) is 0 Å². The first-order valence-corrected chi connectivity index (χ1v) is 5.44. The van der Waals surface area contributed by atoms with Crippen molar-refractivity contribution in [2.24, 2.45) is 7.05 Å². The number of aryl methyl sites for hydroxylation is 2. The lowest BCUT2D eigenvalue weighted by Crippen LogP contribution is -2.12. The quantitative estimate of drug-likeness (QED) is 0.646. The van der Waals surface area contributed by atoms with Gasteiger partial charge in [0, 0.05) is 12.7 Å². The molecule has 6 nitrogen and oxygen atoms in total. The Morgan fingerprint density at radius 2 is 2.28 bits per heavy atom. The number of ether oxygens (including phenoxy) is 1. The first-order valence-electron chi connectivity index (χ1n) is 5.44. The summed E-state index contributed by atoms with van der Waals surface area (Å²) in [5.74, 6) is 0.129. The minimum Gasteiger partial charge on any atom is -0.454 e. The third kappa shape index (κ3) is 2.32. The van der Waals surface area contributed by atoms with Gasteiger partial charge in [-0.15, -0.1) is 0 Å². The number of rotatable bonds is 3. The van der Waals surface area contributed by atoms with Gasteiger partial charge in [-0.25, -0.2) is 9.78 Å². The molecule has 94 valence electrons. The molecular weight excluding hydrogens is 232 g/mol. The third-order valence-electron chi connectivity index (χ3n) is 2.65. The lowest BCUT2D eigenvalue weighted by molar-refractivity contribution is 0.0458. The van der Waals surface area contributed by atoms with Gasteiger partial charge in [0.1, 0.15) is 6.33 Å². The molecule has 0 aliphatic carbocycles. The zero-order valence-corrected chi connectivity index (χ0v) is 10.3. The van der Waals surface area contributed by atoms with Gasteiger partial charge in [0.25, 0.3) is 0 Å². The van der Waals surface area contributed by atoms with Gasteiger partial charge in [-0.1, -0.05) is 12.1 Å². The highest BCUT2D eigenvalue weighted by Crippen LogP contribution is 2.17. The Morgan fingerprint density at radius 3 is 2.89 bits per heavy atom. The number of anilines is 1. The van der Waals surface area contributed by atoms with Crippen LogP contribution in [-0.2, 0) is 18.4 Å². The minimum absolute atomic E-state index is 0.0725. The Balaban J connectivity index is 2.11. The molecule has 0 spiro atoms. The van der Waals surface area contributed by atoms with E-state index >= 15 is 0 Å². The van der Waals surface area contributed by atoms with Crippen LogP contribution >= 0.6 is 0 Å². The molecule has 2 aromatic rings. The van der Waals surface area contributed by atoms with Crippen molar-refractivity contribution in [2.45, 2.75) is 13.5 Å². The number of hydrogen-bond acceptors (Lipinski definition) is 5. The molecule has 0 radical (unpaired) electrons. The maximum atomic E-state index is 11.9. The molecule has 0 unspecified atom stereocenters. The van der Waals surface area contributed by atoms with E-state index in [1.54, 1.807) is 23.9 Å². The lowest BCUT2D eigenvalue weighted by atomic mass is 10.1. The number of aromatic nitrogens is 3. The molecule has 6 heteroatoms. The lowest BCUT2D eigenvalue weighted by Gasteiger charge is -2.08. The van der Waals surface area contributed by atoms with Crippen LogP contribution in [0.5, 0.6) is 0 Å². The van der Waals surface area contributed by atoms with Gasteiger partial charge >= 0.3 is 5.97 Å². The molecule has 0 atom stereocenters. The molecule has 18 heavy (non-hydrogen) atoms. The number of nitrogen functional groups attached to an aromatic ring is 1. The summed E-state index contributed by atoms with van der Waals surface area (Å²) in [7, 11) is 1.73. The average molecular weight is 246 g/mol. The SMILES string of the molecule is Cc1cccc(N)c1C(=O)OCc1ncnn1C. The van der Waals surface area contributed by atoms with Crippen LogP contribution < -0.4 is 5.73 Å². The molecule has 0 aliphatic rings. The molecule has 2 N–H and O–H groups in total. The van der Waals surface area contributed by atoms with E-state index in [2.05, 4.69) is 10.1 Å². The molecule has 1 aromatic heterocycles. The van der Waals surface area contributed by atoms with Crippen LogP contribution in [0.4, 0.5) is 5.69 Å². The van der Waals surface area contributed by atoms with Crippen molar-refractivity contribution in [1.29, 1.82) is 0 Å². The second-order valence-corrected chi connectivity index (χ2v) is 3.92. The molecule has 0 bridgehead atoms. The van der Waals surface area contributed by atoms with Gasteiger partial charge in [0.05, 0.1) is 5.56 Å². The number of nitrogens with zero attached hydrogens (tertiary/aromatic N) is 3. The van der Waals surface area contributed by atoms with Crippen LogP contribution in [-0.4, -0.2) is 20.7 Å². The summed E-state index contributed by atoms with van der Waals surface area (Å²) in [6.45, 7) is 1.89. The van der Waals surface area contributed by atoms with Crippen molar-refractivity contribution in [3.05, 3.63) is 41.5 Å². The van der Waals surface area contributed by atoms with Gasteiger partial charge in [0.2, 0.25) is 0 Å². The second kappa shape index (κ2) is 4.87. The van der Waals surface area contributed by atoms with Crippen molar-refractivity contribution >= 4 is 11.7 Å². The zero-order valence-electron chi connectivity index (χ0n) is 10.3. The summed E-state index contributed by atoms with van der Waals surface area (Å²) in [5.41, 5.74) is 7.37. The third-order valence-corrected chi connectivity index (χ3v) is 2.65. The van der Waals surface area contributed by atoms with Crippen molar-refractivity contribution in [2.75, 3.05) is 5.73 Å². The fourth-order valence-electron chi connectivity index (χ4n) is 1.62. The summed E-state index contributed by atoms with van der Waals surface area (Å²) in [5, 5.41) is 3.89. The fraction of sp³-hybridized carbons (Fsp3) is 0.250. The molecule has 0 saturated heterocycles. The molecule has 1 heterocycles. The highest BCUT2D eigenvalue weighted by molar-refractivity contribution is 5.96. The van der Waals surface area contributed by atoms with Gasteiger partial charge in [-0.3, -0.25) is 4.68 Å². The first kappa shape index (κ1) is 12.1. The van der Waals surface area contributed by atoms with E-state index in [0.29, 0.717) is 17.1 Å². The number of hydrogen-bond donors (Lipinski definition) is 1. The van der Waals surface area contributed by atoms with Crippen LogP contribution in [0.15, 0.2) is 24.5 Å². The van der Waals surface area contributed by atoms with Crippen LogP contribution in [0.3, 0.4) is 0 Å². The van der Waals surface area contributed by atoms with E-state index in [1.165, 1.54) is 6.33 Å². The zero-order chi connectivity index (χ0) is 13.1. The average Bonchev–Trinajstić information content (AvgIpc) is 2.72. The minimum atomic E-state index is -0.450. The Bertz CT molecular complexity index is 557. The Labute approximate surface area is 104 Å². The molecule has 0 aliphatic heterocycles. The van der Waals surface area contributed by atoms with Crippen molar-refractivity contribution < 1.29 is 9.53 Å². The van der Waals surface area contributed by atoms with E-state index in [0.717, 1.165) is 5.56 Å². The predicted molar refractivity (Wildman–Crippen MR) is 65.7 cm³/mol. The number of carbonyl (C=O) groups is 1. The maximum Gasteiger partial charge on any atom is 0.340 e. The number of esters is 1. The van der Waals surface area contributed by atoms with Gasteiger partial charge < -0.3 is 10.5 Å². The first-order chi connectivity index (χ1) is 8.59. The number of nitrogens with two attached hydrogens (primary N) is 1. The van der Waals surface area contributed by atoms with Crippen LogP contribution in [0, 0.1) is 6.92 Å². The standard InChI is InChI=1S/C12H14N4O2/c1-8-4-3-5-9(13)11(8)12(17)18-6-10-14-7-15-16(10)2/h3-5,7H,6,13H2,1-2H3. The van der Waals surface area contributed by atoms with E-state index in [9.17, 15) is 4.79 Å². The van der Waals surface area contributed by atoms with Crippen LogP contribution in [0.2, 0.25) is 0 Å². The fourth-order valence-corrected chi connectivity index (χ4v) is 1.62. The normalized spacial score (nSPS) is 10.3. The topological polar surface area (TPSA) is 83.0 Å². The Hall–Kier alpha value is -2.37. The monoisotopic (exact) mass is 246 g/mol. The highest BCUT2D eigenvalue weighted by atomic mass is 16.5. The molecular formula is C12H14N4O2. The van der Waals surface area contributed by atoms with Gasteiger partial charge in [-0.2, -0.15) is 5.10 Å². The number of benzene rings is 1. The smallest absolute Gasteiger partial charge is 0.340 e. The van der Waals surface area contributed by atoms with Crippen LogP contribution in [0.25, 0.3) is 0 Å². The summed E-state index contributed by atoms with van der Waals surface area (Å²) < 4.78 is 6.72. The Morgan fingerprint density at radius 1 is 1.50 bits per heavy atom. The summed E-state index contributed by atoms with van der Waals surface area (Å²) in [4.78, 5) is 15.9. The van der Waals surface area contributed by atoms with Crippen LogP contribution in [0.1, 0.15) is 21.7 Å². The summed E-state index contributed by atoms with van der Waals surface area (Å²) in [6, 6.07) is 5.28. The van der Waals surface area contributed by atoms with Gasteiger partial charge in [0.15, 0.2) is 12.4 Å². The molecule has 0 fully saturated rings.